The summed E-state index contributed by atoms with van der Waals surface area (Å²) < 4.78 is 0. The molecular weight excluding hydrogens is 228 g/mol. The highest BCUT2D eigenvalue weighted by molar-refractivity contribution is 5.99. The topological polar surface area (TPSA) is 80.0 Å². The Morgan fingerprint density at radius 2 is 2.22 bits per heavy atom. The number of anilines is 1. The molecule has 0 spiro atoms. The molecule has 0 aliphatic carbocycles. The van der Waals surface area contributed by atoms with E-state index in [0.717, 1.165) is 25.0 Å². The first-order chi connectivity index (χ1) is 8.62. The van der Waals surface area contributed by atoms with E-state index in [1.807, 2.05) is 6.92 Å². The maximum absolute atomic E-state index is 12.1. The zero-order chi connectivity index (χ0) is 13.5. The van der Waals surface area contributed by atoms with E-state index in [0.29, 0.717) is 11.3 Å². The van der Waals surface area contributed by atoms with Gasteiger partial charge in [-0.1, -0.05) is 20.3 Å². The van der Waals surface area contributed by atoms with E-state index in [9.17, 15) is 4.79 Å². The third-order valence-electron chi connectivity index (χ3n) is 2.91. The van der Waals surface area contributed by atoms with E-state index < -0.39 is 0 Å². The molecule has 0 saturated heterocycles. The average Bonchev–Trinajstić information content (AvgIpc) is 2.37. The third-order valence-corrected chi connectivity index (χ3v) is 2.91. The number of hydrogen-bond acceptors (Lipinski definition) is 4. The van der Waals surface area contributed by atoms with Crippen molar-refractivity contribution in [3.63, 3.8) is 0 Å². The maximum Gasteiger partial charge on any atom is 0.255 e. The van der Waals surface area contributed by atoms with Crippen LogP contribution in [0.5, 0.6) is 0 Å². The Bertz CT molecular complexity index is 406. The minimum atomic E-state index is -0.129. The van der Waals surface area contributed by atoms with Crippen molar-refractivity contribution in [2.45, 2.75) is 46.1 Å². The number of amides is 1. The van der Waals surface area contributed by atoms with Crippen molar-refractivity contribution < 1.29 is 4.79 Å². The Morgan fingerprint density at radius 1 is 1.50 bits per heavy atom. The summed E-state index contributed by atoms with van der Waals surface area (Å²) in [7, 11) is 0. The lowest BCUT2D eigenvalue weighted by Gasteiger charge is -2.17. The van der Waals surface area contributed by atoms with E-state index in [2.05, 4.69) is 29.6 Å². The second kappa shape index (κ2) is 6.96. The summed E-state index contributed by atoms with van der Waals surface area (Å²) in [4.78, 5) is 16.3. The summed E-state index contributed by atoms with van der Waals surface area (Å²) in [5.41, 5.74) is 4.45. The van der Waals surface area contributed by atoms with Gasteiger partial charge in [0.05, 0.1) is 11.3 Å². The Balaban J connectivity index is 2.83. The second-order valence-corrected chi connectivity index (χ2v) is 4.38. The van der Waals surface area contributed by atoms with Crippen LogP contribution in [0, 0.1) is 6.92 Å². The van der Waals surface area contributed by atoms with Crippen LogP contribution in [0.25, 0.3) is 0 Å². The van der Waals surface area contributed by atoms with Gasteiger partial charge in [0, 0.05) is 17.9 Å². The van der Waals surface area contributed by atoms with Crippen molar-refractivity contribution in [3.05, 3.63) is 23.5 Å². The molecule has 0 aromatic carbocycles. The molecule has 1 aromatic heterocycles. The molecule has 1 unspecified atom stereocenters. The van der Waals surface area contributed by atoms with Crippen molar-refractivity contribution in [2.24, 2.45) is 5.84 Å². The van der Waals surface area contributed by atoms with Gasteiger partial charge in [-0.2, -0.15) is 0 Å². The molecular formula is C13H22N4O. The summed E-state index contributed by atoms with van der Waals surface area (Å²) >= 11 is 0. The number of nitrogens with one attached hydrogen (secondary N) is 2. The van der Waals surface area contributed by atoms with Gasteiger partial charge in [0.2, 0.25) is 0 Å². The van der Waals surface area contributed by atoms with Gasteiger partial charge in [-0.3, -0.25) is 15.6 Å². The van der Waals surface area contributed by atoms with Gasteiger partial charge in [-0.05, 0) is 25.8 Å². The lowest BCUT2D eigenvalue weighted by molar-refractivity contribution is 0.0934. The van der Waals surface area contributed by atoms with Crippen LogP contribution in [0.2, 0.25) is 0 Å². The monoisotopic (exact) mass is 250 g/mol. The van der Waals surface area contributed by atoms with Crippen molar-refractivity contribution in [1.82, 2.24) is 10.3 Å². The zero-order valence-corrected chi connectivity index (χ0v) is 11.3. The van der Waals surface area contributed by atoms with Crippen molar-refractivity contribution in [2.75, 3.05) is 5.43 Å². The van der Waals surface area contributed by atoms with Gasteiger partial charge in [-0.15, -0.1) is 0 Å². The first kappa shape index (κ1) is 14.4. The van der Waals surface area contributed by atoms with E-state index in [4.69, 9.17) is 5.84 Å². The van der Waals surface area contributed by atoms with Crippen LogP contribution < -0.4 is 16.6 Å². The molecule has 1 heterocycles. The van der Waals surface area contributed by atoms with Crippen molar-refractivity contribution in [3.8, 4) is 0 Å². The molecule has 0 aliphatic rings. The molecule has 5 heteroatoms. The number of aromatic nitrogens is 1. The predicted octanol–water partition coefficient (Wildman–Crippen LogP) is 1.98. The Labute approximate surface area is 108 Å². The molecule has 1 atom stereocenters. The van der Waals surface area contributed by atoms with E-state index in [1.54, 1.807) is 12.3 Å². The molecule has 0 radical (unpaired) electrons. The van der Waals surface area contributed by atoms with Crippen LogP contribution in [0.1, 0.15) is 49.2 Å². The summed E-state index contributed by atoms with van der Waals surface area (Å²) in [6.45, 7) is 6.03. The largest absolute Gasteiger partial charge is 0.349 e. The predicted molar refractivity (Wildman–Crippen MR) is 73.2 cm³/mol. The van der Waals surface area contributed by atoms with Gasteiger partial charge in [0.15, 0.2) is 0 Å². The summed E-state index contributed by atoms with van der Waals surface area (Å²) in [6.07, 6.45) is 4.50. The quantitative estimate of drug-likeness (QED) is 0.533. The molecule has 5 nitrogen and oxygen atoms in total. The van der Waals surface area contributed by atoms with Crippen LogP contribution >= 0.6 is 0 Å². The minimum Gasteiger partial charge on any atom is -0.349 e. The average molecular weight is 250 g/mol. The highest BCUT2D eigenvalue weighted by atomic mass is 16.1. The lowest BCUT2D eigenvalue weighted by Crippen LogP contribution is -2.35. The molecule has 0 aliphatic heterocycles. The molecule has 1 amide bonds. The second-order valence-electron chi connectivity index (χ2n) is 4.38. The normalized spacial score (nSPS) is 12.0. The number of pyridine rings is 1. The molecule has 0 bridgehead atoms. The van der Waals surface area contributed by atoms with Crippen LogP contribution in [0.15, 0.2) is 12.3 Å². The molecule has 4 N–H and O–H groups in total. The number of nitrogens with zero attached hydrogens (tertiary/aromatic N) is 1. The number of carbonyl (C=O) groups excluding carboxylic acids is 1. The first-order valence-corrected chi connectivity index (χ1v) is 6.36. The number of rotatable bonds is 6. The van der Waals surface area contributed by atoms with Gasteiger partial charge in [-0.25, -0.2) is 0 Å². The SMILES string of the molecule is CCCC(CC)NC(=O)c1cnc(C)cc1NN. The highest BCUT2D eigenvalue weighted by Crippen LogP contribution is 2.15. The molecule has 18 heavy (non-hydrogen) atoms. The van der Waals surface area contributed by atoms with Crippen LogP contribution in [0.4, 0.5) is 5.69 Å². The van der Waals surface area contributed by atoms with Crippen LogP contribution in [-0.2, 0) is 0 Å². The number of carbonyl (C=O) groups is 1. The molecule has 100 valence electrons. The molecule has 0 fully saturated rings. The van der Waals surface area contributed by atoms with Gasteiger partial charge < -0.3 is 10.7 Å². The minimum absolute atomic E-state index is 0.129. The van der Waals surface area contributed by atoms with Crippen LogP contribution in [-0.4, -0.2) is 16.9 Å². The van der Waals surface area contributed by atoms with Crippen LogP contribution in [0.3, 0.4) is 0 Å². The first-order valence-electron chi connectivity index (χ1n) is 6.36. The number of hydrazine groups is 1. The maximum atomic E-state index is 12.1. The van der Waals surface area contributed by atoms with E-state index in [-0.39, 0.29) is 11.9 Å². The Hall–Kier alpha value is -1.62. The standard InChI is InChI=1S/C13H22N4O/c1-4-6-10(5-2)16-13(18)11-8-15-9(3)7-12(11)17-14/h7-8,10H,4-6,14H2,1-3H3,(H,15,17)(H,16,18). The molecule has 1 aromatic rings. The number of nitrogens with two attached hydrogens (primary N) is 1. The van der Waals surface area contributed by atoms with E-state index >= 15 is 0 Å². The molecule has 1 rings (SSSR count). The highest BCUT2D eigenvalue weighted by Gasteiger charge is 2.15. The molecule has 0 saturated carbocycles. The summed E-state index contributed by atoms with van der Waals surface area (Å²) in [5.74, 6) is 5.29. The number of nitrogen functional groups attached to an aromatic ring is 1. The fraction of sp³-hybridized carbons (Fsp3) is 0.538. The third kappa shape index (κ3) is 3.70. The van der Waals surface area contributed by atoms with Crippen molar-refractivity contribution >= 4 is 11.6 Å². The number of aryl methyl sites for hydroxylation is 1. The zero-order valence-electron chi connectivity index (χ0n) is 11.3. The Morgan fingerprint density at radius 3 is 2.78 bits per heavy atom. The van der Waals surface area contributed by atoms with Gasteiger partial charge in [0.1, 0.15) is 0 Å². The van der Waals surface area contributed by atoms with E-state index in [1.165, 1.54) is 0 Å². The number of hydrogen-bond donors (Lipinski definition) is 3. The smallest absolute Gasteiger partial charge is 0.255 e. The van der Waals surface area contributed by atoms with Gasteiger partial charge >= 0.3 is 0 Å². The summed E-state index contributed by atoms with van der Waals surface area (Å²) in [6, 6.07) is 1.96. The Kier molecular flexibility index (Phi) is 5.58. The van der Waals surface area contributed by atoms with Gasteiger partial charge in [0.25, 0.3) is 5.91 Å². The fourth-order valence-corrected chi connectivity index (χ4v) is 1.85. The lowest BCUT2D eigenvalue weighted by atomic mass is 10.1. The van der Waals surface area contributed by atoms with Crippen molar-refractivity contribution in [1.29, 1.82) is 0 Å². The fourth-order valence-electron chi connectivity index (χ4n) is 1.85. The summed E-state index contributed by atoms with van der Waals surface area (Å²) in [5, 5.41) is 3.00.